The average molecular weight is 286 g/mol. The second-order valence-electron chi connectivity index (χ2n) is 5.76. The van der Waals surface area contributed by atoms with Crippen molar-refractivity contribution in [2.45, 2.75) is 43.8 Å². The fraction of sp³-hybridized carbons (Fsp3) is 0.571. The predicted octanol–water partition coefficient (Wildman–Crippen LogP) is 3.62. The van der Waals surface area contributed by atoms with Gasteiger partial charge in [0.25, 0.3) is 0 Å². The summed E-state index contributed by atoms with van der Waals surface area (Å²) in [6.45, 7) is 3.96. The van der Waals surface area contributed by atoms with Crippen LogP contribution in [0.1, 0.15) is 44.6 Å². The molecule has 1 aromatic rings. The SMILES string of the molecule is CC(C)(C[C@@H](c1ccc(Cl)cc1)C1CC1)S(N)=O. The molecule has 0 aromatic heterocycles. The number of hydrogen-bond donors (Lipinski definition) is 1. The standard InChI is InChI=1S/C14H20ClNOS/c1-14(2,18(16)17)9-13(10-3-4-10)11-5-7-12(15)8-6-11/h5-8,10,13H,3-4,9,16H2,1-2H3/t13-,18?/m1/s1. The summed E-state index contributed by atoms with van der Waals surface area (Å²) in [5.41, 5.74) is 1.29. The quantitative estimate of drug-likeness (QED) is 0.882. The summed E-state index contributed by atoms with van der Waals surface area (Å²) in [5, 5.41) is 6.35. The lowest BCUT2D eigenvalue weighted by Gasteiger charge is -2.27. The Kier molecular flexibility index (Phi) is 4.15. The molecule has 0 bridgehead atoms. The van der Waals surface area contributed by atoms with E-state index in [0.29, 0.717) is 11.8 Å². The van der Waals surface area contributed by atoms with Gasteiger partial charge in [-0.2, -0.15) is 0 Å². The van der Waals surface area contributed by atoms with Crippen LogP contribution in [0.4, 0.5) is 0 Å². The highest BCUT2D eigenvalue weighted by atomic mass is 35.5. The van der Waals surface area contributed by atoms with E-state index in [9.17, 15) is 4.21 Å². The number of rotatable bonds is 5. The highest BCUT2D eigenvalue weighted by molar-refractivity contribution is 7.84. The number of halogens is 1. The molecule has 0 aliphatic heterocycles. The van der Waals surface area contributed by atoms with Crippen molar-refractivity contribution in [2.24, 2.45) is 11.1 Å². The van der Waals surface area contributed by atoms with Crippen LogP contribution in [-0.2, 0) is 11.0 Å². The van der Waals surface area contributed by atoms with Gasteiger partial charge >= 0.3 is 0 Å². The number of hydrogen-bond acceptors (Lipinski definition) is 1. The Morgan fingerprint density at radius 2 is 1.94 bits per heavy atom. The summed E-state index contributed by atoms with van der Waals surface area (Å²) in [4.78, 5) is 0. The molecule has 1 aliphatic rings. The van der Waals surface area contributed by atoms with Crippen molar-refractivity contribution in [3.63, 3.8) is 0 Å². The first-order valence-corrected chi connectivity index (χ1v) is 7.91. The van der Waals surface area contributed by atoms with Crippen molar-refractivity contribution < 1.29 is 4.21 Å². The van der Waals surface area contributed by atoms with Crippen LogP contribution in [0.3, 0.4) is 0 Å². The van der Waals surface area contributed by atoms with Crippen molar-refractivity contribution >= 4 is 22.6 Å². The van der Waals surface area contributed by atoms with E-state index < -0.39 is 11.0 Å². The van der Waals surface area contributed by atoms with E-state index >= 15 is 0 Å². The predicted molar refractivity (Wildman–Crippen MR) is 77.9 cm³/mol. The second kappa shape index (κ2) is 5.32. The molecular weight excluding hydrogens is 266 g/mol. The van der Waals surface area contributed by atoms with Crippen LogP contribution in [0.25, 0.3) is 0 Å². The van der Waals surface area contributed by atoms with Crippen molar-refractivity contribution in [1.29, 1.82) is 0 Å². The number of nitrogens with two attached hydrogens (primary N) is 1. The topological polar surface area (TPSA) is 43.1 Å². The Morgan fingerprint density at radius 1 is 1.39 bits per heavy atom. The lowest BCUT2D eigenvalue weighted by Crippen LogP contribution is -2.34. The summed E-state index contributed by atoms with van der Waals surface area (Å²) in [6, 6.07) is 8.03. The summed E-state index contributed by atoms with van der Waals surface area (Å²) in [5.74, 6) is 1.17. The van der Waals surface area contributed by atoms with Crippen LogP contribution in [-0.4, -0.2) is 8.96 Å². The van der Waals surface area contributed by atoms with Crippen LogP contribution in [0.5, 0.6) is 0 Å². The van der Waals surface area contributed by atoms with Gasteiger partial charge in [0.05, 0.1) is 15.7 Å². The lowest BCUT2D eigenvalue weighted by molar-refractivity contribution is 0.480. The highest BCUT2D eigenvalue weighted by Gasteiger charge is 2.37. The van der Waals surface area contributed by atoms with E-state index in [-0.39, 0.29) is 4.75 Å². The van der Waals surface area contributed by atoms with Gasteiger partial charge in [0, 0.05) is 5.02 Å². The van der Waals surface area contributed by atoms with Crippen LogP contribution in [0, 0.1) is 5.92 Å². The van der Waals surface area contributed by atoms with Crippen molar-refractivity contribution in [3.05, 3.63) is 34.9 Å². The van der Waals surface area contributed by atoms with Crippen LogP contribution in [0.15, 0.2) is 24.3 Å². The maximum Gasteiger partial charge on any atom is 0.0945 e. The molecule has 0 spiro atoms. The van der Waals surface area contributed by atoms with Gasteiger partial charge in [-0.3, -0.25) is 5.14 Å². The Balaban J connectivity index is 2.19. The van der Waals surface area contributed by atoms with Gasteiger partial charge in [0.1, 0.15) is 0 Å². The fourth-order valence-electron chi connectivity index (χ4n) is 2.38. The molecule has 100 valence electrons. The molecule has 2 atom stereocenters. The monoisotopic (exact) mass is 285 g/mol. The summed E-state index contributed by atoms with van der Waals surface area (Å²) in [6.07, 6.45) is 3.39. The maximum atomic E-state index is 11.6. The first kappa shape index (κ1) is 14.0. The maximum absolute atomic E-state index is 11.6. The molecule has 0 amide bonds. The molecule has 1 aromatic carbocycles. The third-order valence-corrected chi connectivity index (χ3v) is 5.25. The van der Waals surface area contributed by atoms with E-state index in [2.05, 4.69) is 12.1 Å². The zero-order valence-electron chi connectivity index (χ0n) is 10.9. The third kappa shape index (κ3) is 3.34. The first-order chi connectivity index (χ1) is 8.40. The molecule has 2 nitrogen and oxygen atoms in total. The second-order valence-corrected chi connectivity index (χ2v) is 7.89. The summed E-state index contributed by atoms with van der Waals surface area (Å²) < 4.78 is 11.3. The fourth-order valence-corrected chi connectivity index (χ4v) is 2.85. The Hall–Kier alpha value is -0.380. The largest absolute Gasteiger partial charge is 0.251 e. The zero-order valence-corrected chi connectivity index (χ0v) is 12.4. The van der Waals surface area contributed by atoms with Crippen molar-refractivity contribution in [3.8, 4) is 0 Å². The lowest BCUT2D eigenvalue weighted by atomic mass is 9.86. The summed E-state index contributed by atoms with van der Waals surface area (Å²) >= 11 is 5.93. The zero-order chi connectivity index (χ0) is 13.3. The molecule has 2 N–H and O–H groups in total. The molecule has 1 saturated carbocycles. The Morgan fingerprint density at radius 3 is 2.39 bits per heavy atom. The minimum atomic E-state index is -1.29. The molecule has 1 aliphatic carbocycles. The van der Waals surface area contributed by atoms with E-state index in [1.807, 2.05) is 26.0 Å². The summed E-state index contributed by atoms with van der Waals surface area (Å²) in [7, 11) is -1.29. The first-order valence-electron chi connectivity index (χ1n) is 6.32. The minimum absolute atomic E-state index is 0.340. The molecule has 1 fully saturated rings. The van der Waals surface area contributed by atoms with E-state index in [1.165, 1.54) is 18.4 Å². The highest BCUT2D eigenvalue weighted by Crippen LogP contribution is 2.47. The average Bonchev–Trinajstić information content (AvgIpc) is 3.11. The smallest absolute Gasteiger partial charge is 0.0945 e. The normalized spacial score (nSPS) is 19.6. The van der Waals surface area contributed by atoms with Gasteiger partial charge in [-0.25, -0.2) is 4.21 Å². The third-order valence-electron chi connectivity index (χ3n) is 3.75. The van der Waals surface area contributed by atoms with Crippen molar-refractivity contribution in [2.75, 3.05) is 0 Å². The van der Waals surface area contributed by atoms with Gasteiger partial charge in [-0.15, -0.1) is 0 Å². The molecular formula is C14H20ClNOS. The molecule has 4 heteroatoms. The molecule has 0 heterocycles. The molecule has 2 rings (SSSR count). The van der Waals surface area contributed by atoms with Crippen LogP contribution >= 0.6 is 11.6 Å². The Bertz CT molecular complexity index is 440. The van der Waals surface area contributed by atoms with Gasteiger partial charge in [0.15, 0.2) is 0 Å². The van der Waals surface area contributed by atoms with Gasteiger partial charge in [-0.1, -0.05) is 23.7 Å². The van der Waals surface area contributed by atoms with E-state index in [0.717, 1.165) is 11.4 Å². The molecule has 0 radical (unpaired) electrons. The Labute approximate surface area is 116 Å². The van der Waals surface area contributed by atoms with Gasteiger partial charge in [-0.05, 0) is 62.6 Å². The van der Waals surface area contributed by atoms with Crippen molar-refractivity contribution in [1.82, 2.24) is 0 Å². The molecule has 18 heavy (non-hydrogen) atoms. The van der Waals surface area contributed by atoms with E-state index in [1.54, 1.807) is 0 Å². The van der Waals surface area contributed by atoms with E-state index in [4.69, 9.17) is 16.7 Å². The van der Waals surface area contributed by atoms with Crippen LogP contribution in [0.2, 0.25) is 5.02 Å². The van der Waals surface area contributed by atoms with Gasteiger partial charge in [0.2, 0.25) is 0 Å². The number of benzene rings is 1. The van der Waals surface area contributed by atoms with Gasteiger partial charge < -0.3 is 0 Å². The minimum Gasteiger partial charge on any atom is -0.251 e. The molecule has 0 saturated heterocycles. The molecule has 1 unspecified atom stereocenters. The van der Waals surface area contributed by atoms with Crippen LogP contribution < -0.4 is 5.14 Å².